The Kier molecular flexibility index (Phi) is 5.43. The van der Waals surface area contributed by atoms with E-state index in [1.807, 2.05) is 32.4 Å². The van der Waals surface area contributed by atoms with E-state index in [-0.39, 0.29) is 12.3 Å². The van der Waals surface area contributed by atoms with Gasteiger partial charge in [0.05, 0.1) is 13.0 Å². The molecule has 0 unspecified atom stereocenters. The van der Waals surface area contributed by atoms with Crippen LogP contribution in [0.3, 0.4) is 0 Å². The average Bonchev–Trinajstić information content (AvgIpc) is 2.98. The molecule has 1 saturated heterocycles. The van der Waals surface area contributed by atoms with E-state index in [2.05, 4.69) is 24.4 Å². The zero-order chi connectivity index (χ0) is 17.8. The van der Waals surface area contributed by atoms with Crippen molar-refractivity contribution in [3.05, 3.63) is 41.5 Å². The van der Waals surface area contributed by atoms with Crippen molar-refractivity contribution in [2.24, 2.45) is 7.05 Å². The number of hydrogen-bond acceptors (Lipinski definition) is 5. The highest BCUT2D eigenvalue weighted by atomic mass is 16.4. The molecule has 1 N–H and O–H groups in total. The van der Waals surface area contributed by atoms with Crippen molar-refractivity contribution < 1.29 is 9.90 Å². The second-order valence-electron chi connectivity index (χ2n) is 6.78. The fourth-order valence-electron chi connectivity index (χ4n) is 3.36. The second kappa shape index (κ2) is 7.74. The summed E-state index contributed by atoms with van der Waals surface area (Å²) < 4.78 is 2.05. The van der Waals surface area contributed by atoms with Crippen LogP contribution in [0.5, 0.6) is 0 Å². The van der Waals surface area contributed by atoms with Crippen LogP contribution in [-0.4, -0.2) is 48.6 Å². The van der Waals surface area contributed by atoms with Gasteiger partial charge in [-0.1, -0.05) is 0 Å². The van der Waals surface area contributed by atoms with Gasteiger partial charge in [0.1, 0.15) is 11.6 Å². The molecule has 7 heteroatoms. The molecule has 3 heterocycles. The maximum absolute atomic E-state index is 10.8. The van der Waals surface area contributed by atoms with Crippen molar-refractivity contribution in [2.45, 2.75) is 45.1 Å². The van der Waals surface area contributed by atoms with Gasteiger partial charge in [0, 0.05) is 49.7 Å². The van der Waals surface area contributed by atoms with Crippen LogP contribution in [0.15, 0.2) is 18.5 Å². The molecule has 0 amide bonds. The lowest BCUT2D eigenvalue weighted by atomic mass is 9.96. The third-order valence-electron chi connectivity index (χ3n) is 4.68. The maximum atomic E-state index is 10.8. The lowest BCUT2D eigenvalue weighted by Gasteiger charge is -2.31. The zero-order valence-corrected chi connectivity index (χ0v) is 14.9. The Morgan fingerprint density at radius 3 is 2.96 bits per heavy atom. The number of nitrogens with zero attached hydrogens (tertiary/aromatic N) is 5. The number of aryl methyl sites for hydroxylation is 3. The summed E-state index contributed by atoms with van der Waals surface area (Å²) in [6.45, 7) is 4.75. The number of hydrogen-bond donors (Lipinski definition) is 1. The Morgan fingerprint density at radius 1 is 1.40 bits per heavy atom. The SMILES string of the molecule is Cc1cc(CCC(=O)O)nc([C@H]2CCCN(Cc3nccn3C)C2)n1. The van der Waals surface area contributed by atoms with Crippen LogP contribution in [-0.2, 0) is 24.8 Å². The number of carboxylic acids is 1. The number of carboxylic acid groups (broad SMARTS) is 1. The quantitative estimate of drug-likeness (QED) is 0.862. The van der Waals surface area contributed by atoms with Crippen LogP contribution in [0.25, 0.3) is 0 Å². The summed E-state index contributed by atoms with van der Waals surface area (Å²) in [6.07, 6.45) is 6.53. The first-order chi connectivity index (χ1) is 12.0. The highest BCUT2D eigenvalue weighted by Gasteiger charge is 2.24. The van der Waals surface area contributed by atoms with Gasteiger partial charge in [-0.3, -0.25) is 9.69 Å². The molecule has 0 aromatic carbocycles. The van der Waals surface area contributed by atoms with E-state index < -0.39 is 5.97 Å². The van der Waals surface area contributed by atoms with Crippen molar-refractivity contribution in [2.75, 3.05) is 13.1 Å². The van der Waals surface area contributed by atoms with Crippen molar-refractivity contribution in [1.82, 2.24) is 24.4 Å². The fraction of sp³-hybridized carbons (Fsp3) is 0.556. The summed E-state index contributed by atoms with van der Waals surface area (Å²) in [6, 6.07) is 1.89. The number of aliphatic carboxylic acids is 1. The van der Waals surface area contributed by atoms with Gasteiger partial charge in [0.15, 0.2) is 0 Å². The van der Waals surface area contributed by atoms with E-state index in [1.54, 1.807) is 0 Å². The van der Waals surface area contributed by atoms with Crippen LogP contribution < -0.4 is 0 Å². The summed E-state index contributed by atoms with van der Waals surface area (Å²) >= 11 is 0. The van der Waals surface area contributed by atoms with E-state index in [1.165, 1.54) is 0 Å². The first-order valence-electron chi connectivity index (χ1n) is 8.76. The first kappa shape index (κ1) is 17.5. The molecule has 134 valence electrons. The molecule has 0 bridgehead atoms. The molecule has 2 aromatic rings. The Labute approximate surface area is 147 Å². The Balaban J connectivity index is 1.70. The predicted molar refractivity (Wildman–Crippen MR) is 93.2 cm³/mol. The predicted octanol–water partition coefficient (Wildman–Crippen LogP) is 1.92. The number of piperidine rings is 1. The van der Waals surface area contributed by atoms with Gasteiger partial charge < -0.3 is 9.67 Å². The van der Waals surface area contributed by atoms with Gasteiger partial charge in [-0.05, 0) is 32.4 Å². The number of carbonyl (C=O) groups is 1. The van der Waals surface area contributed by atoms with Gasteiger partial charge in [-0.15, -0.1) is 0 Å². The normalized spacial score (nSPS) is 18.4. The van der Waals surface area contributed by atoms with Crippen LogP contribution >= 0.6 is 0 Å². The average molecular weight is 343 g/mol. The van der Waals surface area contributed by atoms with E-state index in [4.69, 9.17) is 5.11 Å². The molecular weight excluding hydrogens is 318 g/mol. The summed E-state index contributed by atoms with van der Waals surface area (Å²) in [4.78, 5) is 26.9. The molecule has 1 fully saturated rings. The minimum absolute atomic E-state index is 0.103. The fourth-order valence-corrected chi connectivity index (χ4v) is 3.36. The minimum Gasteiger partial charge on any atom is -0.481 e. The highest BCUT2D eigenvalue weighted by molar-refractivity contribution is 5.66. The maximum Gasteiger partial charge on any atom is 0.303 e. The second-order valence-corrected chi connectivity index (χ2v) is 6.78. The molecule has 0 saturated carbocycles. The van der Waals surface area contributed by atoms with Crippen molar-refractivity contribution in [3.8, 4) is 0 Å². The molecule has 1 aliphatic heterocycles. The van der Waals surface area contributed by atoms with Crippen molar-refractivity contribution in [3.63, 3.8) is 0 Å². The van der Waals surface area contributed by atoms with Crippen LogP contribution in [0.4, 0.5) is 0 Å². The highest BCUT2D eigenvalue weighted by Crippen LogP contribution is 2.26. The smallest absolute Gasteiger partial charge is 0.303 e. The van der Waals surface area contributed by atoms with E-state index in [0.29, 0.717) is 6.42 Å². The molecule has 25 heavy (non-hydrogen) atoms. The lowest BCUT2D eigenvalue weighted by molar-refractivity contribution is -0.136. The topological polar surface area (TPSA) is 84.1 Å². The molecule has 7 nitrogen and oxygen atoms in total. The molecule has 3 rings (SSSR count). The first-order valence-corrected chi connectivity index (χ1v) is 8.76. The largest absolute Gasteiger partial charge is 0.481 e. The van der Waals surface area contributed by atoms with Gasteiger partial charge in [-0.2, -0.15) is 0 Å². The van der Waals surface area contributed by atoms with Crippen molar-refractivity contribution >= 4 is 5.97 Å². The molecule has 0 radical (unpaired) electrons. The summed E-state index contributed by atoms with van der Waals surface area (Å²) in [7, 11) is 2.02. The number of aromatic nitrogens is 4. The molecule has 0 spiro atoms. The van der Waals surface area contributed by atoms with Crippen molar-refractivity contribution in [1.29, 1.82) is 0 Å². The van der Waals surface area contributed by atoms with E-state index in [9.17, 15) is 4.79 Å². The number of rotatable bonds is 6. The number of imidazole rings is 1. The Hall–Kier alpha value is -2.28. The van der Waals surface area contributed by atoms with Crippen LogP contribution in [0.2, 0.25) is 0 Å². The summed E-state index contributed by atoms with van der Waals surface area (Å²) in [5, 5.41) is 8.88. The van der Waals surface area contributed by atoms with Gasteiger partial charge >= 0.3 is 5.97 Å². The molecule has 1 aliphatic rings. The standard InChI is InChI=1S/C18H25N5O2/c1-13-10-15(5-6-17(24)25)21-18(20-13)14-4-3-8-23(11-14)12-16-19-7-9-22(16)2/h7,9-10,14H,3-6,8,11-12H2,1-2H3,(H,24,25)/t14-/m0/s1. The lowest BCUT2D eigenvalue weighted by Crippen LogP contribution is -2.35. The van der Waals surface area contributed by atoms with Gasteiger partial charge in [0.25, 0.3) is 0 Å². The number of likely N-dealkylation sites (tertiary alicyclic amines) is 1. The van der Waals surface area contributed by atoms with Gasteiger partial charge in [0.2, 0.25) is 0 Å². The molecule has 0 aliphatic carbocycles. The van der Waals surface area contributed by atoms with Gasteiger partial charge in [-0.25, -0.2) is 15.0 Å². The molecule has 1 atom stereocenters. The monoisotopic (exact) mass is 343 g/mol. The minimum atomic E-state index is -0.795. The Morgan fingerprint density at radius 2 is 2.24 bits per heavy atom. The molecular formula is C18H25N5O2. The third kappa shape index (κ3) is 4.63. The summed E-state index contributed by atoms with van der Waals surface area (Å²) in [5.74, 6) is 1.41. The van der Waals surface area contributed by atoms with Crippen LogP contribution in [0.1, 0.15) is 48.2 Å². The Bertz CT molecular complexity index is 743. The summed E-state index contributed by atoms with van der Waals surface area (Å²) in [5.41, 5.74) is 1.73. The third-order valence-corrected chi connectivity index (χ3v) is 4.68. The van der Waals surface area contributed by atoms with Crippen LogP contribution in [0, 0.1) is 6.92 Å². The van der Waals surface area contributed by atoms with E-state index >= 15 is 0 Å². The zero-order valence-electron chi connectivity index (χ0n) is 14.9. The molecule has 2 aromatic heterocycles. The van der Waals surface area contributed by atoms with E-state index in [0.717, 1.165) is 55.5 Å².